The molecule has 0 N–H and O–H groups in total. The Morgan fingerprint density at radius 3 is 2.14 bits per heavy atom. The van der Waals surface area contributed by atoms with E-state index in [0.717, 1.165) is 10.6 Å². The first kappa shape index (κ1) is 18.6. The van der Waals surface area contributed by atoms with E-state index in [1.807, 2.05) is 12.1 Å². The maximum absolute atomic E-state index is 11.8. The zero-order valence-electron chi connectivity index (χ0n) is 12.0. The molecule has 0 saturated carbocycles. The predicted octanol–water partition coefficient (Wildman–Crippen LogP) is 4.77. The molecule has 0 radical (unpaired) electrons. The maximum Gasteiger partial charge on any atom is 0.440 e. The Morgan fingerprint density at radius 2 is 1.71 bits per heavy atom. The molecule has 0 spiro atoms. The van der Waals surface area contributed by atoms with Gasteiger partial charge in [-0.15, -0.1) is 4.36 Å². The summed E-state index contributed by atoms with van der Waals surface area (Å²) in [6, 6.07) is 7.26. The van der Waals surface area contributed by atoms with Crippen molar-refractivity contribution in [2.45, 2.75) is 28.1 Å². The lowest BCUT2D eigenvalue weighted by Crippen LogP contribution is -2.40. The molecule has 21 heavy (non-hydrogen) atoms. The third kappa shape index (κ3) is 5.33. The molecule has 0 aliphatic heterocycles. The van der Waals surface area contributed by atoms with Crippen LogP contribution in [-0.4, -0.2) is 28.9 Å². The van der Waals surface area contributed by atoms with Gasteiger partial charge in [-0.2, -0.15) is 0 Å². The van der Waals surface area contributed by atoms with E-state index in [9.17, 15) is 4.79 Å². The van der Waals surface area contributed by atoms with Crippen molar-refractivity contribution in [3.8, 4) is 5.75 Å². The number of carbonyl (C=O) groups excluding carboxylic acids is 1. The molecule has 4 nitrogen and oxygen atoms in total. The van der Waals surface area contributed by atoms with Crippen LogP contribution < -0.4 is 4.74 Å². The van der Waals surface area contributed by atoms with Crippen molar-refractivity contribution in [2.24, 2.45) is 4.36 Å². The van der Waals surface area contributed by atoms with Gasteiger partial charge in [-0.1, -0.05) is 45.5 Å². The summed E-state index contributed by atoms with van der Waals surface area (Å²) in [7, 11) is 0.915. The minimum absolute atomic E-state index is 0.670. The lowest BCUT2D eigenvalue weighted by molar-refractivity contribution is 0.0493. The molecule has 8 heteroatoms. The average Bonchev–Trinajstić information content (AvgIpc) is 2.36. The van der Waals surface area contributed by atoms with Gasteiger partial charge >= 0.3 is 6.09 Å². The number of carbonyl (C=O) groups is 1. The highest BCUT2D eigenvalue weighted by molar-refractivity contribution is 7.86. The molecule has 1 unspecified atom stereocenters. The summed E-state index contributed by atoms with van der Waals surface area (Å²) in [6.45, 7) is 3.02. The summed E-state index contributed by atoms with van der Waals surface area (Å²) in [5, 5.41) is 0. The topological polar surface area (TPSA) is 47.9 Å². The van der Waals surface area contributed by atoms with Crippen molar-refractivity contribution in [3.63, 3.8) is 0 Å². The van der Waals surface area contributed by atoms with E-state index in [2.05, 4.69) is 4.36 Å². The maximum atomic E-state index is 11.8. The first-order valence-corrected chi connectivity index (χ1v) is 8.61. The summed E-state index contributed by atoms with van der Waals surface area (Å²) in [5.74, 6) is 0.732. The standard InChI is InChI=1S/C13H16Cl3NO3S/c1-12(2,13(14,15)16)20-11(18)17-21(4)10-7-5-9(19-3)6-8-10/h5-8H,1-4H3. The molecule has 0 aliphatic carbocycles. The van der Waals surface area contributed by atoms with Crippen LogP contribution in [-0.2, 0) is 15.4 Å². The number of alkyl halides is 3. The molecule has 118 valence electrons. The second-order valence-electron chi connectivity index (χ2n) is 4.62. The van der Waals surface area contributed by atoms with Gasteiger partial charge in [0.2, 0.25) is 3.79 Å². The fourth-order valence-electron chi connectivity index (χ4n) is 1.23. The van der Waals surface area contributed by atoms with Crippen molar-refractivity contribution in [1.82, 2.24) is 0 Å². The Kier molecular flexibility index (Phi) is 6.35. The van der Waals surface area contributed by atoms with Crippen molar-refractivity contribution in [1.29, 1.82) is 0 Å². The Labute approximate surface area is 141 Å². The summed E-state index contributed by atoms with van der Waals surface area (Å²) in [5.41, 5.74) is -1.28. The van der Waals surface area contributed by atoms with Crippen LogP contribution in [0.2, 0.25) is 0 Å². The molecule has 0 aliphatic rings. The van der Waals surface area contributed by atoms with Crippen molar-refractivity contribution in [2.75, 3.05) is 13.4 Å². The molecule has 0 aromatic heterocycles. The SMILES string of the molecule is COc1ccc(/S(C)=N/C(=O)OC(C)(C)C(Cl)(Cl)Cl)cc1. The van der Waals surface area contributed by atoms with E-state index in [0.29, 0.717) is 0 Å². The van der Waals surface area contributed by atoms with Crippen LogP contribution in [0.15, 0.2) is 33.5 Å². The second-order valence-corrected chi connectivity index (χ2v) is 8.51. The molecule has 0 bridgehead atoms. The van der Waals surface area contributed by atoms with E-state index >= 15 is 0 Å². The number of halogens is 3. The van der Waals surface area contributed by atoms with Gasteiger partial charge in [0.25, 0.3) is 0 Å². The largest absolute Gasteiger partial charge is 0.497 e. The van der Waals surface area contributed by atoms with Gasteiger partial charge in [0, 0.05) is 4.90 Å². The number of hydrogen-bond acceptors (Lipinski definition) is 3. The van der Waals surface area contributed by atoms with Crippen LogP contribution in [0.1, 0.15) is 13.8 Å². The molecule has 1 rings (SSSR count). The fourth-order valence-corrected chi connectivity index (χ4v) is 2.24. The van der Waals surface area contributed by atoms with Gasteiger partial charge in [-0.25, -0.2) is 4.79 Å². The first-order chi connectivity index (χ1) is 9.56. The third-order valence-electron chi connectivity index (χ3n) is 2.64. The van der Waals surface area contributed by atoms with Crippen molar-refractivity contribution >= 4 is 51.6 Å². The highest BCUT2D eigenvalue weighted by Gasteiger charge is 2.44. The Morgan fingerprint density at radius 1 is 1.19 bits per heavy atom. The monoisotopic (exact) mass is 371 g/mol. The smallest absolute Gasteiger partial charge is 0.440 e. The van der Waals surface area contributed by atoms with Gasteiger partial charge in [-0.3, -0.25) is 0 Å². The molecule has 0 fully saturated rings. The highest BCUT2D eigenvalue weighted by atomic mass is 35.6. The first-order valence-electron chi connectivity index (χ1n) is 5.88. The number of amides is 1. The number of benzene rings is 1. The van der Waals surface area contributed by atoms with Crippen LogP contribution in [0.4, 0.5) is 4.79 Å². The molecule has 0 saturated heterocycles. The molecule has 0 heterocycles. The zero-order valence-corrected chi connectivity index (χ0v) is 15.1. The zero-order chi connectivity index (χ0) is 16.3. The van der Waals surface area contributed by atoms with Crippen molar-refractivity contribution in [3.05, 3.63) is 24.3 Å². The number of nitrogens with zero attached hydrogens (tertiary/aromatic N) is 1. The minimum Gasteiger partial charge on any atom is -0.497 e. The molecule has 1 aromatic rings. The van der Waals surface area contributed by atoms with E-state index in [1.165, 1.54) is 13.8 Å². The summed E-state index contributed by atoms with van der Waals surface area (Å²) < 4.78 is 12.4. The lowest BCUT2D eigenvalue weighted by Gasteiger charge is -2.30. The number of rotatable bonds is 3. The Balaban J connectivity index is 2.84. The quantitative estimate of drug-likeness (QED) is 0.718. The van der Waals surface area contributed by atoms with Gasteiger partial charge < -0.3 is 9.47 Å². The summed E-state index contributed by atoms with van der Waals surface area (Å²) >= 11 is 17.3. The van der Waals surface area contributed by atoms with E-state index in [4.69, 9.17) is 44.3 Å². The molecule has 1 amide bonds. The third-order valence-corrected chi connectivity index (χ3v) is 5.38. The number of ether oxygens (including phenoxy) is 2. The van der Waals surface area contributed by atoms with Crippen LogP contribution in [0.3, 0.4) is 0 Å². The normalized spacial score (nSPS) is 13.9. The van der Waals surface area contributed by atoms with Crippen LogP contribution in [0.5, 0.6) is 5.75 Å². The predicted molar refractivity (Wildman–Crippen MR) is 87.8 cm³/mol. The van der Waals surface area contributed by atoms with Crippen LogP contribution >= 0.6 is 34.8 Å². The molecule has 1 aromatic carbocycles. The minimum atomic E-state index is -1.73. The van der Waals surface area contributed by atoms with E-state index in [-0.39, 0.29) is 0 Å². The fraction of sp³-hybridized carbons (Fsp3) is 0.462. The van der Waals surface area contributed by atoms with E-state index in [1.54, 1.807) is 25.5 Å². The highest BCUT2D eigenvalue weighted by Crippen LogP contribution is 2.40. The molecule has 1 atom stereocenters. The molecular formula is C13H16Cl3NO3S. The van der Waals surface area contributed by atoms with Gasteiger partial charge in [-0.05, 0) is 44.4 Å². The van der Waals surface area contributed by atoms with Gasteiger partial charge in [0.1, 0.15) is 5.75 Å². The van der Waals surface area contributed by atoms with E-state index < -0.39 is 26.2 Å². The second kappa shape index (κ2) is 7.18. The van der Waals surface area contributed by atoms with Crippen LogP contribution in [0, 0.1) is 0 Å². The molecular weight excluding hydrogens is 357 g/mol. The Hall–Kier alpha value is -0.490. The summed E-state index contributed by atoms with van der Waals surface area (Å²) in [4.78, 5) is 12.7. The number of methoxy groups -OCH3 is 1. The van der Waals surface area contributed by atoms with Gasteiger partial charge in [0.05, 0.1) is 7.11 Å². The van der Waals surface area contributed by atoms with Gasteiger partial charge in [0.15, 0.2) is 5.60 Å². The Bertz CT molecular complexity index is 539. The number of hydrogen-bond donors (Lipinski definition) is 0. The van der Waals surface area contributed by atoms with Crippen molar-refractivity contribution < 1.29 is 14.3 Å². The summed E-state index contributed by atoms with van der Waals surface area (Å²) in [6.07, 6.45) is 1.03. The average molecular weight is 373 g/mol. The van der Waals surface area contributed by atoms with Crippen LogP contribution in [0.25, 0.3) is 0 Å². The lowest BCUT2D eigenvalue weighted by atomic mass is 10.2.